The van der Waals surface area contributed by atoms with Gasteiger partial charge in [-0.3, -0.25) is 0 Å². The summed E-state index contributed by atoms with van der Waals surface area (Å²) in [4.78, 5) is 7.93. The molecule has 0 aliphatic heterocycles. The molecule has 0 unspecified atom stereocenters. The summed E-state index contributed by atoms with van der Waals surface area (Å²) in [5.41, 5.74) is 1.82. The van der Waals surface area contributed by atoms with E-state index in [2.05, 4.69) is 9.97 Å². The van der Waals surface area contributed by atoms with Gasteiger partial charge in [0, 0.05) is 0 Å². The molecule has 4 nitrogen and oxygen atoms in total. The zero-order chi connectivity index (χ0) is 11.4. The lowest BCUT2D eigenvalue weighted by atomic mass is 10.1. The molecule has 2 rings (SSSR count). The summed E-state index contributed by atoms with van der Waals surface area (Å²) in [6, 6.07) is 11.5. The maximum absolute atomic E-state index is 9.00. The van der Waals surface area contributed by atoms with E-state index in [1.165, 1.54) is 13.4 Å². The lowest BCUT2D eigenvalue weighted by molar-refractivity contribution is 0.398. The fourth-order valence-corrected chi connectivity index (χ4v) is 1.47. The van der Waals surface area contributed by atoms with E-state index in [0.29, 0.717) is 17.1 Å². The highest BCUT2D eigenvalue weighted by Crippen LogP contribution is 2.29. The van der Waals surface area contributed by atoms with Crippen molar-refractivity contribution in [2.75, 3.05) is 7.11 Å². The van der Waals surface area contributed by atoms with Crippen molar-refractivity contribution in [3.05, 3.63) is 42.4 Å². The maximum Gasteiger partial charge on any atom is 0.225 e. The van der Waals surface area contributed by atoms with E-state index in [1.54, 1.807) is 0 Å². The largest absolute Gasteiger partial charge is 0.480 e. The number of aromatic nitrogens is 2. The van der Waals surface area contributed by atoms with Gasteiger partial charge in [0.2, 0.25) is 5.88 Å². The van der Waals surface area contributed by atoms with Crippen LogP contribution in [0, 0.1) is 11.3 Å². The van der Waals surface area contributed by atoms with Crippen LogP contribution in [-0.2, 0) is 0 Å². The van der Waals surface area contributed by atoms with Crippen molar-refractivity contribution in [3.63, 3.8) is 0 Å². The van der Waals surface area contributed by atoms with E-state index in [1.807, 2.05) is 36.4 Å². The van der Waals surface area contributed by atoms with Crippen molar-refractivity contribution < 1.29 is 4.74 Å². The molecule has 0 bridgehead atoms. The van der Waals surface area contributed by atoms with Crippen LogP contribution < -0.4 is 4.74 Å². The quantitative estimate of drug-likeness (QED) is 0.762. The lowest BCUT2D eigenvalue weighted by Crippen LogP contribution is -1.97. The molecule has 0 radical (unpaired) electrons. The first-order chi connectivity index (χ1) is 7.86. The van der Waals surface area contributed by atoms with Crippen molar-refractivity contribution >= 4 is 0 Å². The van der Waals surface area contributed by atoms with Crippen LogP contribution in [-0.4, -0.2) is 17.1 Å². The molecule has 0 spiro atoms. The number of nitrogens with zero attached hydrogens (tertiary/aromatic N) is 3. The van der Waals surface area contributed by atoms with Crippen LogP contribution in [0.4, 0.5) is 0 Å². The van der Waals surface area contributed by atoms with E-state index in [0.717, 1.165) is 5.56 Å². The van der Waals surface area contributed by atoms with Crippen molar-refractivity contribution in [3.8, 4) is 23.1 Å². The van der Waals surface area contributed by atoms with Crippen LogP contribution in [0.2, 0.25) is 0 Å². The predicted molar refractivity (Wildman–Crippen MR) is 58.7 cm³/mol. The van der Waals surface area contributed by atoms with Gasteiger partial charge < -0.3 is 4.74 Å². The van der Waals surface area contributed by atoms with Crippen molar-refractivity contribution in [1.29, 1.82) is 5.26 Å². The van der Waals surface area contributed by atoms with Gasteiger partial charge in [0.15, 0.2) is 5.69 Å². The number of hydrogen-bond donors (Lipinski definition) is 0. The second-order valence-electron chi connectivity index (χ2n) is 3.08. The molecule has 0 amide bonds. The average Bonchev–Trinajstić information content (AvgIpc) is 2.38. The average molecular weight is 211 g/mol. The smallest absolute Gasteiger partial charge is 0.225 e. The monoisotopic (exact) mass is 211 g/mol. The van der Waals surface area contributed by atoms with Gasteiger partial charge in [-0.05, 0) is 5.56 Å². The molecule has 0 N–H and O–H groups in total. The van der Waals surface area contributed by atoms with E-state index in [-0.39, 0.29) is 0 Å². The molecule has 0 saturated heterocycles. The van der Waals surface area contributed by atoms with Crippen LogP contribution >= 0.6 is 0 Å². The Kier molecular flexibility index (Phi) is 2.79. The number of rotatable bonds is 2. The van der Waals surface area contributed by atoms with Crippen LogP contribution in [0.1, 0.15) is 5.69 Å². The highest BCUT2D eigenvalue weighted by molar-refractivity contribution is 5.73. The lowest BCUT2D eigenvalue weighted by Gasteiger charge is -2.07. The first-order valence-electron chi connectivity index (χ1n) is 4.71. The Morgan fingerprint density at radius 2 is 1.94 bits per heavy atom. The molecule has 0 aliphatic rings. The fourth-order valence-electron chi connectivity index (χ4n) is 1.47. The van der Waals surface area contributed by atoms with Crippen LogP contribution in [0.15, 0.2) is 36.7 Å². The Morgan fingerprint density at radius 3 is 2.56 bits per heavy atom. The SMILES string of the molecule is COc1ncnc(C#N)c1-c1ccccc1. The number of benzene rings is 1. The number of ether oxygens (including phenoxy) is 1. The highest BCUT2D eigenvalue weighted by atomic mass is 16.5. The summed E-state index contributed by atoms with van der Waals surface area (Å²) in [5, 5.41) is 9.00. The molecule has 0 saturated carbocycles. The van der Waals surface area contributed by atoms with Crippen LogP contribution in [0.5, 0.6) is 5.88 Å². The standard InChI is InChI=1S/C12H9N3O/c1-16-12-11(9-5-3-2-4-6-9)10(7-13)14-8-15-12/h2-6,8H,1H3. The molecule has 1 aromatic heterocycles. The summed E-state index contributed by atoms with van der Waals surface area (Å²) < 4.78 is 5.14. The van der Waals surface area contributed by atoms with Gasteiger partial charge in [-0.15, -0.1) is 0 Å². The van der Waals surface area contributed by atoms with Gasteiger partial charge in [0.1, 0.15) is 12.4 Å². The summed E-state index contributed by atoms with van der Waals surface area (Å²) in [7, 11) is 1.52. The zero-order valence-corrected chi connectivity index (χ0v) is 8.71. The minimum Gasteiger partial charge on any atom is -0.480 e. The Bertz CT molecular complexity index is 532. The van der Waals surface area contributed by atoms with E-state index < -0.39 is 0 Å². The highest BCUT2D eigenvalue weighted by Gasteiger charge is 2.13. The Balaban J connectivity index is 2.68. The normalized spacial score (nSPS) is 9.50. The first kappa shape index (κ1) is 10.1. The predicted octanol–water partition coefficient (Wildman–Crippen LogP) is 2.02. The van der Waals surface area contributed by atoms with Gasteiger partial charge in [0.05, 0.1) is 12.7 Å². The van der Waals surface area contributed by atoms with Gasteiger partial charge in [-0.25, -0.2) is 9.97 Å². The molecular formula is C12H9N3O. The van der Waals surface area contributed by atoms with E-state index >= 15 is 0 Å². The van der Waals surface area contributed by atoms with E-state index in [9.17, 15) is 0 Å². The first-order valence-corrected chi connectivity index (χ1v) is 4.71. The van der Waals surface area contributed by atoms with Crippen molar-refractivity contribution in [2.45, 2.75) is 0 Å². The molecule has 0 fully saturated rings. The molecule has 4 heteroatoms. The minimum absolute atomic E-state index is 0.318. The van der Waals surface area contributed by atoms with Crippen LogP contribution in [0.25, 0.3) is 11.1 Å². The fraction of sp³-hybridized carbons (Fsp3) is 0.0833. The Hall–Kier alpha value is -2.41. The molecule has 1 aromatic carbocycles. The van der Waals surface area contributed by atoms with Crippen LogP contribution in [0.3, 0.4) is 0 Å². The maximum atomic E-state index is 9.00. The number of hydrogen-bond acceptors (Lipinski definition) is 4. The molecular weight excluding hydrogens is 202 g/mol. The summed E-state index contributed by atoms with van der Waals surface area (Å²) in [6.07, 6.45) is 1.32. The second kappa shape index (κ2) is 4.41. The summed E-state index contributed by atoms with van der Waals surface area (Å²) >= 11 is 0. The zero-order valence-electron chi connectivity index (χ0n) is 8.71. The number of methoxy groups -OCH3 is 1. The van der Waals surface area contributed by atoms with Gasteiger partial charge >= 0.3 is 0 Å². The molecule has 1 heterocycles. The topological polar surface area (TPSA) is 58.8 Å². The van der Waals surface area contributed by atoms with Gasteiger partial charge in [-0.2, -0.15) is 5.26 Å². The van der Waals surface area contributed by atoms with Crippen molar-refractivity contribution in [1.82, 2.24) is 9.97 Å². The Labute approximate surface area is 93.2 Å². The van der Waals surface area contributed by atoms with Crippen molar-refractivity contribution in [2.24, 2.45) is 0 Å². The van der Waals surface area contributed by atoms with E-state index in [4.69, 9.17) is 10.00 Å². The summed E-state index contributed by atoms with van der Waals surface area (Å²) in [5.74, 6) is 0.415. The molecule has 78 valence electrons. The third-order valence-electron chi connectivity index (χ3n) is 2.17. The number of nitriles is 1. The van der Waals surface area contributed by atoms with Gasteiger partial charge in [-0.1, -0.05) is 30.3 Å². The Morgan fingerprint density at radius 1 is 1.19 bits per heavy atom. The molecule has 0 atom stereocenters. The molecule has 2 aromatic rings. The second-order valence-corrected chi connectivity index (χ2v) is 3.08. The third kappa shape index (κ3) is 1.71. The molecule has 16 heavy (non-hydrogen) atoms. The summed E-state index contributed by atoms with van der Waals surface area (Å²) in [6.45, 7) is 0. The molecule has 0 aliphatic carbocycles. The minimum atomic E-state index is 0.318. The third-order valence-corrected chi connectivity index (χ3v) is 2.17. The van der Waals surface area contributed by atoms with Gasteiger partial charge in [0.25, 0.3) is 0 Å².